The van der Waals surface area contributed by atoms with Crippen LogP contribution < -0.4 is 4.74 Å². The lowest BCUT2D eigenvalue weighted by Gasteiger charge is -2.07. The lowest BCUT2D eigenvalue weighted by molar-refractivity contribution is -0.129. The zero-order valence-electron chi connectivity index (χ0n) is 12.7. The van der Waals surface area contributed by atoms with E-state index in [0.29, 0.717) is 11.7 Å². The first-order valence-electron chi connectivity index (χ1n) is 7.65. The minimum Gasteiger partial charge on any atom is -0.423 e. The highest BCUT2D eigenvalue weighted by Gasteiger charge is 2.02. The third-order valence-electron chi connectivity index (χ3n) is 3.30. The number of allylic oxidation sites excluding steroid dienone is 1. The lowest BCUT2D eigenvalue weighted by atomic mass is 9.99. The zero-order chi connectivity index (χ0) is 14.6. The average Bonchev–Trinajstić information content (AvgIpc) is 2.45. The predicted octanol–water partition coefficient (Wildman–Crippen LogP) is 5.14. The molecule has 1 atom stereocenters. The molecule has 0 bridgehead atoms. The number of hydrogen-bond acceptors (Lipinski definition) is 2. The Bertz CT molecular complexity index is 395. The van der Waals surface area contributed by atoms with Crippen molar-refractivity contribution in [1.29, 1.82) is 0 Å². The molecular formula is C18H26O2. The van der Waals surface area contributed by atoms with Crippen molar-refractivity contribution in [3.8, 4) is 5.75 Å². The summed E-state index contributed by atoms with van der Waals surface area (Å²) in [5.41, 5.74) is 0. The van der Waals surface area contributed by atoms with Gasteiger partial charge in [0, 0.05) is 6.08 Å². The van der Waals surface area contributed by atoms with Crippen molar-refractivity contribution in [1.82, 2.24) is 0 Å². The van der Waals surface area contributed by atoms with Gasteiger partial charge in [-0.1, -0.05) is 70.2 Å². The van der Waals surface area contributed by atoms with Gasteiger partial charge in [0.25, 0.3) is 0 Å². The van der Waals surface area contributed by atoms with E-state index in [1.807, 2.05) is 24.3 Å². The van der Waals surface area contributed by atoms with Gasteiger partial charge in [0.1, 0.15) is 5.75 Å². The molecule has 0 saturated carbocycles. The molecule has 0 aliphatic carbocycles. The second-order valence-electron chi connectivity index (χ2n) is 5.33. The largest absolute Gasteiger partial charge is 0.423 e. The Hall–Kier alpha value is -1.57. The highest BCUT2D eigenvalue weighted by atomic mass is 16.5. The van der Waals surface area contributed by atoms with E-state index in [2.05, 4.69) is 13.8 Å². The first-order chi connectivity index (χ1) is 9.72. The third-order valence-corrected chi connectivity index (χ3v) is 3.30. The van der Waals surface area contributed by atoms with Crippen molar-refractivity contribution in [3.05, 3.63) is 42.5 Å². The normalized spacial score (nSPS) is 12.5. The molecule has 0 radical (unpaired) electrons. The number of benzene rings is 1. The fraction of sp³-hybridized carbons (Fsp3) is 0.500. The number of carbonyl (C=O) groups excluding carboxylic acids is 1. The molecule has 0 aliphatic rings. The number of hydrogen-bond donors (Lipinski definition) is 0. The quantitative estimate of drug-likeness (QED) is 0.269. The second-order valence-corrected chi connectivity index (χ2v) is 5.33. The number of ether oxygens (including phenoxy) is 1. The molecule has 0 aromatic heterocycles. The predicted molar refractivity (Wildman–Crippen MR) is 83.8 cm³/mol. The summed E-state index contributed by atoms with van der Waals surface area (Å²) in [7, 11) is 0. The maximum atomic E-state index is 11.6. The summed E-state index contributed by atoms with van der Waals surface area (Å²) in [6.45, 7) is 4.46. The van der Waals surface area contributed by atoms with Crippen molar-refractivity contribution >= 4 is 5.97 Å². The third kappa shape index (κ3) is 7.78. The standard InChI is InChI=1S/C18H26O2/c1-3-4-5-7-11-16(2)12-10-15-18(19)20-17-13-8-6-9-14-17/h6,8-10,13-16H,3-5,7,11-12H2,1-2H3/b15-10+. The summed E-state index contributed by atoms with van der Waals surface area (Å²) in [6.07, 6.45) is 10.9. The van der Waals surface area contributed by atoms with Crippen LogP contribution in [0.2, 0.25) is 0 Å². The summed E-state index contributed by atoms with van der Waals surface area (Å²) in [5, 5.41) is 0. The van der Waals surface area contributed by atoms with Gasteiger partial charge >= 0.3 is 5.97 Å². The smallest absolute Gasteiger partial charge is 0.335 e. The maximum absolute atomic E-state index is 11.6. The molecule has 1 aromatic rings. The number of rotatable bonds is 9. The van der Waals surface area contributed by atoms with Crippen LogP contribution in [0.15, 0.2) is 42.5 Å². The monoisotopic (exact) mass is 274 g/mol. The van der Waals surface area contributed by atoms with Crippen molar-refractivity contribution < 1.29 is 9.53 Å². The molecule has 0 heterocycles. The molecule has 1 unspecified atom stereocenters. The summed E-state index contributed by atoms with van der Waals surface area (Å²) in [6, 6.07) is 9.16. The molecule has 0 N–H and O–H groups in total. The van der Waals surface area contributed by atoms with E-state index in [0.717, 1.165) is 6.42 Å². The number of carbonyl (C=O) groups is 1. The zero-order valence-corrected chi connectivity index (χ0v) is 12.7. The van der Waals surface area contributed by atoms with Crippen LogP contribution in [0.1, 0.15) is 52.4 Å². The van der Waals surface area contributed by atoms with Gasteiger partial charge in [-0.2, -0.15) is 0 Å². The van der Waals surface area contributed by atoms with Gasteiger partial charge in [-0.15, -0.1) is 0 Å². The van der Waals surface area contributed by atoms with Crippen LogP contribution in [-0.4, -0.2) is 5.97 Å². The minimum absolute atomic E-state index is 0.297. The number of esters is 1. The van der Waals surface area contributed by atoms with Crippen LogP contribution in [0.5, 0.6) is 5.75 Å². The molecule has 20 heavy (non-hydrogen) atoms. The summed E-state index contributed by atoms with van der Waals surface area (Å²) in [4.78, 5) is 11.6. The molecule has 0 aliphatic heterocycles. The van der Waals surface area contributed by atoms with E-state index in [1.165, 1.54) is 38.2 Å². The van der Waals surface area contributed by atoms with Crippen molar-refractivity contribution in [2.75, 3.05) is 0 Å². The fourth-order valence-corrected chi connectivity index (χ4v) is 2.07. The lowest BCUT2D eigenvalue weighted by Crippen LogP contribution is -2.03. The van der Waals surface area contributed by atoms with Crippen LogP contribution >= 0.6 is 0 Å². The summed E-state index contributed by atoms with van der Waals surface area (Å²) < 4.78 is 5.18. The SMILES string of the molecule is CCCCCCC(C)C/C=C/C(=O)Oc1ccccc1. The fourth-order valence-electron chi connectivity index (χ4n) is 2.07. The van der Waals surface area contributed by atoms with Gasteiger partial charge in [0.05, 0.1) is 0 Å². The molecule has 110 valence electrons. The van der Waals surface area contributed by atoms with Crippen LogP contribution in [0, 0.1) is 5.92 Å². The molecule has 1 rings (SSSR count). The van der Waals surface area contributed by atoms with E-state index in [4.69, 9.17) is 4.74 Å². The first-order valence-corrected chi connectivity index (χ1v) is 7.65. The Labute approximate surface area is 122 Å². The molecule has 0 spiro atoms. The molecule has 2 nitrogen and oxygen atoms in total. The minimum atomic E-state index is -0.297. The van der Waals surface area contributed by atoms with Gasteiger partial charge in [-0.25, -0.2) is 4.79 Å². The molecule has 1 aromatic carbocycles. The van der Waals surface area contributed by atoms with Crippen molar-refractivity contribution in [3.63, 3.8) is 0 Å². The topological polar surface area (TPSA) is 26.3 Å². The van der Waals surface area contributed by atoms with Crippen LogP contribution in [-0.2, 0) is 4.79 Å². The van der Waals surface area contributed by atoms with Crippen LogP contribution in [0.3, 0.4) is 0 Å². The Morgan fingerprint density at radius 2 is 1.95 bits per heavy atom. The first kappa shape index (κ1) is 16.5. The highest BCUT2D eigenvalue weighted by Crippen LogP contribution is 2.14. The van der Waals surface area contributed by atoms with Crippen molar-refractivity contribution in [2.24, 2.45) is 5.92 Å². The van der Waals surface area contributed by atoms with E-state index < -0.39 is 0 Å². The van der Waals surface area contributed by atoms with Crippen molar-refractivity contribution in [2.45, 2.75) is 52.4 Å². The molecule has 0 fully saturated rings. The number of para-hydroxylation sites is 1. The van der Waals surface area contributed by atoms with Crippen LogP contribution in [0.4, 0.5) is 0 Å². The van der Waals surface area contributed by atoms with Gasteiger partial charge in [-0.05, 0) is 24.5 Å². The molecule has 2 heteroatoms. The van der Waals surface area contributed by atoms with E-state index in [-0.39, 0.29) is 5.97 Å². The van der Waals surface area contributed by atoms with Gasteiger partial charge < -0.3 is 4.74 Å². The Kier molecular flexibility index (Phi) is 8.44. The second kappa shape index (κ2) is 10.2. The Morgan fingerprint density at radius 3 is 2.65 bits per heavy atom. The Balaban J connectivity index is 2.18. The average molecular weight is 274 g/mol. The van der Waals surface area contributed by atoms with Crippen LogP contribution in [0.25, 0.3) is 0 Å². The van der Waals surface area contributed by atoms with E-state index in [9.17, 15) is 4.79 Å². The summed E-state index contributed by atoms with van der Waals surface area (Å²) >= 11 is 0. The van der Waals surface area contributed by atoms with Gasteiger partial charge in [0.15, 0.2) is 0 Å². The van der Waals surface area contributed by atoms with Gasteiger partial charge in [0.2, 0.25) is 0 Å². The highest BCUT2D eigenvalue weighted by molar-refractivity contribution is 5.83. The molecule has 0 amide bonds. The van der Waals surface area contributed by atoms with E-state index in [1.54, 1.807) is 12.1 Å². The molecular weight excluding hydrogens is 248 g/mol. The van der Waals surface area contributed by atoms with E-state index >= 15 is 0 Å². The Morgan fingerprint density at radius 1 is 1.20 bits per heavy atom. The summed E-state index contributed by atoms with van der Waals surface area (Å²) in [5.74, 6) is 0.928. The number of unbranched alkanes of at least 4 members (excludes halogenated alkanes) is 3. The molecule has 0 saturated heterocycles. The maximum Gasteiger partial charge on any atom is 0.335 e. The van der Waals surface area contributed by atoms with Gasteiger partial charge in [-0.3, -0.25) is 0 Å².